The molecule has 1 aliphatic heterocycles. The van der Waals surface area contributed by atoms with Gasteiger partial charge in [0.1, 0.15) is 18.3 Å². The minimum Gasteiger partial charge on any atom is -0.434 e. The number of unbranched alkanes of at least 4 members (excludes halogenated alkanes) is 1. The summed E-state index contributed by atoms with van der Waals surface area (Å²) in [6, 6.07) is -0.822. The Morgan fingerprint density at radius 3 is 2.54 bits per heavy atom. The third-order valence-corrected chi connectivity index (χ3v) is 4.41. The zero-order chi connectivity index (χ0) is 18.1. The molecule has 0 radical (unpaired) electrons. The first kappa shape index (κ1) is 21.1. The summed E-state index contributed by atoms with van der Waals surface area (Å²) in [5.74, 6) is 0.280. The molecule has 4 N–H and O–H groups in total. The van der Waals surface area contributed by atoms with Gasteiger partial charge in [-0.15, -0.1) is 0 Å². The summed E-state index contributed by atoms with van der Waals surface area (Å²) in [6.45, 7) is 3.91. The number of likely N-dealkylation sites (N-methyl/N-ethyl adjacent to an activating group) is 1. The standard InChI is InChI=1S/C16H31NO7/c1-4-6-7-10(5-2)9-22-16(21)24-15-12(17-3)14(20)13(19)11(8-18)23-15/h10-15,17-20H,4-9H2,1-3H3/t10?,11-,12-,13-,14-,15?/m1/s1. The summed E-state index contributed by atoms with van der Waals surface area (Å²) < 4.78 is 15.6. The molecule has 2 unspecified atom stereocenters. The van der Waals surface area contributed by atoms with Crippen molar-refractivity contribution in [3.05, 3.63) is 0 Å². The molecular weight excluding hydrogens is 318 g/mol. The summed E-state index contributed by atoms with van der Waals surface area (Å²) in [4.78, 5) is 11.9. The molecule has 1 rings (SSSR count). The van der Waals surface area contributed by atoms with E-state index < -0.39 is 43.4 Å². The van der Waals surface area contributed by atoms with E-state index in [2.05, 4.69) is 12.2 Å². The predicted octanol–water partition coefficient (Wildman–Crippen LogP) is 0.383. The van der Waals surface area contributed by atoms with Crippen LogP contribution in [-0.4, -0.2) is 72.4 Å². The first-order chi connectivity index (χ1) is 11.5. The number of aliphatic hydroxyl groups is 3. The molecule has 1 heterocycles. The number of nitrogens with one attached hydrogen (secondary N) is 1. The number of ether oxygens (including phenoxy) is 3. The van der Waals surface area contributed by atoms with E-state index in [1.807, 2.05) is 6.92 Å². The van der Waals surface area contributed by atoms with Crippen LogP contribution in [0.15, 0.2) is 0 Å². The van der Waals surface area contributed by atoms with Gasteiger partial charge >= 0.3 is 6.16 Å². The van der Waals surface area contributed by atoms with E-state index in [0.29, 0.717) is 0 Å². The molecule has 8 heteroatoms. The zero-order valence-corrected chi connectivity index (χ0v) is 14.7. The largest absolute Gasteiger partial charge is 0.510 e. The number of aliphatic hydroxyl groups excluding tert-OH is 3. The summed E-state index contributed by atoms with van der Waals surface area (Å²) in [5.41, 5.74) is 0. The highest BCUT2D eigenvalue weighted by molar-refractivity contribution is 5.60. The lowest BCUT2D eigenvalue weighted by atomic mass is 9.97. The Bertz CT molecular complexity index is 368. The van der Waals surface area contributed by atoms with Crippen molar-refractivity contribution in [1.82, 2.24) is 5.32 Å². The summed E-state index contributed by atoms with van der Waals surface area (Å²) in [7, 11) is 1.54. The Hall–Kier alpha value is -0.930. The molecule has 0 saturated carbocycles. The monoisotopic (exact) mass is 349 g/mol. The Morgan fingerprint density at radius 2 is 2.00 bits per heavy atom. The van der Waals surface area contributed by atoms with Crippen LogP contribution in [-0.2, 0) is 14.2 Å². The Kier molecular flexibility index (Phi) is 9.53. The molecule has 1 aliphatic rings. The van der Waals surface area contributed by atoms with Crippen molar-refractivity contribution in [2.75, 3.05) is 20.3 Å². The number of carbonyl (C=O) groups is 1. The van der Waals surface area contributed by atoms with Gasteiger partial charge in [0, 0.05) is 0 Å². The molecule has 0 bridgehead atoms. The van der Waals surface area contributed by atoms with Crippen LogP contribution in [0.25, 0.3) is 0 Å². The van der Waals surface area contributed by atoms with Crippen LogP contribution in [0.2, 0.25) is 0 Å². The fourth-order valence-corrected chi connectivity index (χ4v) is 2.70. The average molecular weight is 349 g/mol. The van der Waals surface area contributed by atoms with Crippen LogP contribution in [0.1, 0.15) is 39.5 Å². The maximum absolute atomic E-state index is 11.9. The van der Waals surface area contributed by atoms with Gasteiger partial charge in [0.2, 0.25) is 6.29 Å². The highest BCUT2D eigenvalue weighted by Gasteiger charge is 2.45. The van der Waals surface area contributed by atoms with Crippen LogP contribution >= 0.6 is 0 Å². The molecular formula is C16H31NO7. The molecule has 0 spiro atoms. The Morgan fingerprint density at radius 1 is 1.29 bits per heavy atom. The number of carbonyl (C=O) groups excluding carboxylic acids is 1. The van der Waals surface area contributed by atoms with Crippen molar-refractivity contribution in [2.45, 2.75) is 70.2 Å². The van der Waals surface area contributed by atoms with Gasteiger partial charge in [-0.2, -0.15) is 0 Å². The summed E-state index contributed by atoms with van der Waals surface area (Å²) >= 11 is 0. The SMILES string of the molecule is CCCCC(CC)COC(=O)OC1O[C@H](CO)[C@@H](O)[C@H](O)[C@H]1NC. The van der Waals surface area contributed by atoms with Gasteiger partial charge in [-0.25, -0.2) is 4.79 Å². The van der Waals surface area contributed by atoms with E-state index in [1.54, 1.807) is 7.05 Å². The predicted molar refractivity (Wildman–Crippen MR) is 86.3 cm³/mol. The molecule has 8 nitrogen and oxygen atoms in total. The van der Waals surface area contributed by atoms with Gasteiger partial charge in [0.05, 0.1) is 19.3 Å². The fourth-order valence-electron chi connectivity index (χ4n) is 2.70. The molecule has 0 aromatic rings. The Balaban J connectivity index is 2.54. The second-order valence-corrected chi connectivity index (χ2v) is 6.12. The minimum absolute atomic E-state index is 0.265. The van der Waals surface area contributed by atoms with Crippen molar-refractivity contribution < 1.29 is 34.3 Å². The van der Waals surface area contributed by atoms with Crippen LogP contribution in [0.4, 0.5) is 4.79 Å². The first-order valence-corrected chi connectivity index (χ1v) is 8.61. The molecule has 0 aromatic carbocycles. The average Bonchev–Trinajstić information content (AvgIpc) is 2.58. The quantitative estimate of drug-likeness (QED) is 0.442. The number of hydrogen-bond acceptors (Lipinski definition) is 8. The minimum atomic E-state index is -1.28. The molecule has 142 valence electrons. The van der Waals surface area contributed by atoms with Crippen LogP contribution in [0.5, 0.6) is 0 Å². The molecule has 0 aromatic heterocycles. The van der Waals surface area contributed by atoms with Gasteiger partial charge in [-0.05, 0) is 19.4 Å². The molecule has 0 amide bonds. The fraction of sp³-hybridized carbons (Fsp3) is 0.938. The number of hydrogen-bond donors (Lipinski definition) is 4. The second kappa shape index (κ2) is 10.8. The topological polar surface area (TPSA) is 117 Å². The van der Waals surface area contributed by atoms with Crippen molar-refractivity contribution in [3.63, 3.8) is 0 Å². The lowest BCUT2D eigenvalue weighted by Gasteiger charge is -2.41. The van der Waals surface area contributed by atoms with Crippen molar-refractivity contribution in [3.8, 4) is 0 Å². The third kappa shape index (κ3) is 5.86. The second-order valence-electron chi connectivity index (χ2n) is 6.12. The zero-order valence-electron chi connectivity index (χ0n) is 14.7. The summed E-state index contributed by atoms with van der Waals surface area (Å²) in [6.07, 6.45) is -1.55. The van der Waals surface area contributed by atoms with Crippen LogP contribution in [0.3, 0.4) is 0 Å². The van der Waals surface area contributed by atoms with Gasteiger partial charge in [-0.3, -0.25) is 0 Å². The van der Waals surface area contributed by atoms with E-state index in [1.165, 1.54) is 0 Å². The van der Waals surface area contributed by atoms with Gasteiger partial charge in [0.15, 0.2) is 0 Å². The number of rotatable bonds is 9. The van der Waals surface area contributed by atoms with E-state index in [4.69, 9.17) is 14.2 Å². The maximum Gasteiger partial charge on any atom is 0.510 e. The highest BCUT2D eigenvalue weighted by Crippen LogP contribution is 2.22. The van der Waals surface area contributed by atoms with Crippen molar-refractivity contribution >= 4 is 6.16 Å². The first-order valence-electron chi connectivity index (χ1n) is 8.61. The Labute approximate surface area is 143 Å². The highest BCUT2D eigenvalue weighted by atomic mass is 16.8. The lowest BCUT2D eigenvalue weighted by molar-refractivity contribution is -0.257. The van der Waals surface area contributed by atoms with E-state index >= 15 is 0 Å². The van der Waals surface area contributed by atoms with Crippen molar-refractivity contribution in [1.29, 1.82) is 0 Å². The van der Waals surface area contributed by atoms with Crippen molar-refractivity contribution in [2.24, 2.45) is 5.92 Å². The summed E-state index contributed by atoms with van der Waals surface area (Å²) in [5, 5.41) is 31.8. The van der Waals surface area contributed by atoms with Gasteiger partial charge < -0.3 is 34.8 Å². The smallest absolute Gasteiger partial charge is 0.434 e. The lowest BCUT2D eigenvalue weighted by Crippen LogP contribution is -2.63. The normalized spacial score (nSPS) is 31.5. The van der Waals surface area contributed by atoms with E-state index in [9.17, 15) is 20.1 Å². The molecule has 0 aliphatic carbocycles. The molecule has 1 fully saturated rings. The molecule has 6 atom stereocenters. The van der Waals surface area contributed by atoms with Gasteiger partial charge in [0.25, 0.3) is 0 Å². The van der Waals surface area contributed by atoms with E-state index in [0.717, 1.165) is 25.7 Å². The molecule has 24 heavy (non-hydrogen) atoms. The van der Waals surface area contributed by atoms with Crippen LogP contribution < -0.4 is 5.32 Å². The van der Waals surface area contributed by atoms with Gasteiger partial charge in [-0.1, -0.05) is 33.1 Å². The maximum atomic E-state index is 11.9. The molecule has 1 saturated heterocycles. The third-order valence-electron chi connectivity index (χ3n) is 4.41. The van der Waals surface area contributed by atoms with E-state index in [-0.39, 0.29) is 12.5 Å². The van der Waals surface area contributed by atoms with Crippen LogP contribution in [0, 0.1) is 5.92 Å².